The predicted octanol–water partition coefficient (Wildman–Crippen LogP) is 3.49. The van der Waals surface area contributed by atoms with Gasteiger partial charge in [-0.05, 0) is 32.4 Å². The number of hydrogen-bond donors (Lipinski definition) is 2. The van der Waals surface area contributed by atoms with E-state index in [1.165, 1.54) is 18.2 Å². The van der Waals surface area contributed by atoms with E-state index in [1.807, 2.05) is 19.9 Å². The third-order valence-electron chi connectivity index (χ3n) is 3.28. The molecule has 1 aromatic heterocycles. The quantitative estimate of drug-likeness (QED) is 0.442. The molecule has 0 unspecified atom stereocenters. The number of aryl methyl sites for hydroxylation is 2. The number of aromatic nitrogens is 2. The van der Waals surface area contributed by atoms with Crippen LogP contribution in [0.1, 0.15) is 24.2 Å². The van der Waals surface area contributed by atoms with E-state index in [2.05, 4.69) is 20.6 Å². The Morgan fingerprint density at radius 1 is 1.24 bits per heavy atom. The van der Waals surface area contributed by atoms with Gasteiger partial charge in [0.2, 0.25) is 11.9 Å². The fourth-order valence-electron chi connectivity index (χ4n) is 2.19. The van der Waals surface area contributed by atoms with Crippen molar-refractivity contribution in [1.29, 1.82) is 0 Å². The van der Waals surface area contributed by atoms with Crippen molar-refractivity contribution >= 4 is 34.8 Å². The van der Waals surface area contributed by atoms with Gasteiger partial charge in [-0.3, -0.25) is 14.9 Å². The van der Waals surface area contributed by atoms with Crippen molar-refractivity contribution < 1.29 is 9.72 Å². The Morgan fingerprint density at radius 2 is 1.92 bits per heavy atom. The first-order chi connectivity index (χ1) is 11.8. The van der Waals surface area contributed by atoms with E-state index >= 15 is 0 Å². The minimum atomic E-state index is -0.543. The van der Waals surface area contributed by atoms with Gasteiger partial charge in [-0.1, -0.05) is 11.6 Å². The highest BCUT2D eigenvalue weighted by Gasteiger charge is 2.11. The monoisotopic (exact) mass is 363 g/mol. The molecule has 0 radical (unpaired) electrons. The van der Waals surface area contributed by atoms with Crippen molar-refractivity contribution in [3.05, 3.63) is 50.8 Å². The molecule has 0 fully saturated rings. The van der Waals surface area contributed by atoms with Crippen LogP contribution in [0.5, 0.6) is 0 Å². The molecule has 0 bridgehead atoms. The van der Waals surface area contributed by atoms with E-state index < -0.39 is 4.92 Å². The lowest BCUT2D eigenvalue weighted by Gasteiger charge is -2.08. The summed E-state index contributed by atoms with van der Waals surface area (Å²) < 4.78 is 0. The predicted molar refractivity (Wildman–Crippen MR) is 96.0 cm³/mol. The fraction of sp³-hybridized carbons (Fsp3) is 0.312. The maximum Gasteiger partial charge on any atom is 0.271 e. The molecule has 25 heavy (non-hydrogen) atoms. The van der Waals surface area contributed by atoms with Crippen molar-refractivity contribution in [3.8, 4) is 0 Å². The van der Waals surface area contributed by atoms with Gasteiger partial charge in [0, 0.05) is 36.5 Å². The Hall–Kier alpha value is -2.74. The summed E-state index contributed by atoms with van der Waals surface area (Å²) in [4.78, 5) is 30.6. The lowest BCUT2D eigenvalue weighted by atomic mass is 10.2. The molecule has 9 heteroatoms. The first-order valence-electron chi connectivity index (χ1n) is 7.65. The van der Waals surface area contributed by atoms with Gasteiger partial charge in [-0.15, -0.1) is 0 Å². The Labute approximate surface area is 149 Å². The zero-order chi connectivity index (χ0) is 18.4. The van der Waals surface area contributed by atoms with E-state index in [4.69, 9.17) is 11.6 Å². The second-order valence-corrected chi connectivity index (χ2v) is 5.88. The maximum absolute atomic E-state index is 11.9. The van der Waals surface area contributed by atoms with E-state index in [1.54, 1.807) is 0 Å². The van der Waals surface area contributed by atoms with E-state index in [0.717, 1.165) is 11.4 Å². The molecule has 2 rings (SSSR count). The number of non-ortho nitro benzene ring substituents is 1. The molecular weight excluding hydrogens is 346 g/mol. The minimum Gasteiger partial charge on any atom is -0.354 e. The van der Waals surface area contributed by atoms with Gasteiger partial charge in [0.05, 0.1) is 15.6 Å². The Kier molecular flexibility index (Phi) is 6.24. The molecule has 2 aromatic rings. The molecule has 0 spiro atoms. The van der Waals surface area contributed by atoms with Gasteiger partial charge in [0.15, 0.2) is 0 Å². The largest absolute Gasteiger partial charge is 0.354 e. The molecule has 1 aromatic carbocycles. The van der Waals surface area contributed by atoms with Crippen molar-refractivity contribution in [3.63, 3.8) is 0 Å². The first kappa shape index (κ1) is 18.6. The molecule has 1 heterocycles. The molecule has 132 valence electrons. The number of anilines is 2. The molecule has 0 aliphatic carbocycles. The summed E-state index contributed by atoms with van der Waals surface area (Å²) in [6.45, 7) is 4.33. The number of hydrogen-bond acceptors (Lipinski definition) is 6. The van der Waals surface area contributed by atoms with Crippen LogP contribution in [0.4, 0.5) is 17.3 Å². The summed E-state index contributed by atoms with van der Waals surface area (Å²) in [5.74, 6) is 0.315. The highest BCUT2D eigenvalue weighted by Crippen LogP contribution is 2.26. The molecular formula is C16H18ClN5O3. The van der Waals surface area contributed by atoms with Crippen molar-refractivity contribution in [1.82, 2.24) is 9.97 Å². The first-order valence-corrected chi connectivity index (χ1v) is 8.03. The molecule has 1 amide bonds. The topological polar surface area (TPSA) is 110 Å². The van der Waals surface area contributed by atoms with Gasteiger partial charge in [-0.25, -0.2) is 9.97 Å². The summed E-state index contributed by atoms with van der Waals surface area (Å²) in [7, 11) is 0. The van der Waals surface area contributed by atoms with Crippen LogP contribution in [0.2, 0.25) is 5.02 Å². The number of nitro benzene ring substituents is 1. The third kappa shape index (κ3) is 5.68. The van der Waals surface area contributed by atoms with Crippen LogP contribution in [0.15, 0.2) is 24.3 Å². The summed E-state index contributed by atoms with van der Waals surface area (Å²) in [5, 5.41) is 16.5. The Bertz CT molecular complexity index is 777. The van der Waals surface area contributed by atoms with Crippen molar-refractivity contribution in [2.24, 2.45) is 0 Å². The average molecular weight is 364 g/mol. The molecule has 0 aliphatic heterocycles. The van der Waals surface area contributed by atoms with Gasteiger partial charge in [0.25, 0.3) is 5.69 Å². The van der Waals surface area contributed by atoms with Crippen molar-refractivity contribution in [2.45, 2.75) is 26.7 Å². The lowest BCUT2D eigenvalue weighted by Crippen LogP contribution is -2.14. The highest BCUT2D eigenvalue weighted by atomic mass is 35.5. The zero-order valence-electron chi connectivity index (χ0n) is 13.9. The second-order valence-electron chi connectivity index (χ2n) is 5.47. The van der Waals surface area contributed by atoms with Crippen LogP contribution in [0.25, 0.3) is 0 Å². The summed E-state index contributed by atoms with van der Waals surface area (Å²) in [6.07, 6.45) is 0.845. The molecule has 0 atom stereocenters. The number of carbonyl (C=O) groups is 1. The van der Waals surface area contributed by atoms with Gasteiger partial charge in [-0.2, -0.15) is 0 Å². The fourth-order valence-corrected chi connectivity index (χ4v) is 2.41. The van der Waals surface area contributed by atoms with Gasteiger partial charge >= 0.3 is 0 Å². The van der Waals surface area contributed by atoms with Crippen molar-refractivity contribution in [2.75, 3.05) is 17.2 Å². The Morgan fingerprint density at radius 3 is 2.52 bits per heavy atom. The number of benzene rings is 1. The normalized spacial score (nSPS) is 10.4. The molecule has 0 aliphatic rings. The summed E-state index contributed by atoms with van der Waals surface area (Å²) in [5.41, 5.74) is 1.98. The standard InChI is InChI=1S/C16H18ClN5O3/c1-10-8-11(2)20-16(19-10)18-7-3-4-15(23)21-14-6-5-12(22(24)25)9-13(14)17/h5-6,8-9H,3-4,7H2,1-2H3,(H,21,23)(H,18,19,20). The van der Waals surface area contributed by atoms with Crippen LogP contribution in [-0.2, 0) is 4.79 Å². The number of rotatable bonds is 7. The number of nitrogens with zero attached hydrogens (tertiary/aromatic N) is 3. The highest BCUT2D eigenvalue weighted by molar-refractivity contribution is 6.33. The van der Waals surface area contributed by atoms with E-state index in [-0.39, 0.29) is 23.0 Å². The number of nitro groups is 1. The third-order valence-corrected chi connectivity index (χ3v) is 3.60. The number of amides is 1. The zero-order valence-corrected chi connectivity index (χ0v) is 14.6. The van der Waals surface area contributed by atoms with Crippen LogP contribution in [0.3, 0.4) is 0 Å². The van der Waals surface area contributed by atoms with E-state index in [0.29, 0.717) is 24.6 Å². The van der Waals surface area contributed by atoms with E-state index in [9.17, 15) is 14.9 Å². The minimum absolute atomic E-state index is 0.124. The van der Waals surface area contributed by atoms with Gasteiger partial charge < -0.3 is 10.6 Å². The summed E-state index contributed by atoms with van der Waals surface area (Å²) in [6, 6.07) is 5.79. The molecule has 8 nitrogen and oxygen atoms in total. The van der Waals surface area contributed by atoms with Crippen LogP contribution in [0, 0.1) is 24.0 Å². The summed E-state index contributed by atoms with van der Waals surface area (Å²) >= 11 is 5.94. The average Bonchev–Trinajstić information content (AvgIpc) is 2.52. The van der Waals surface area contributed by atoms with Gasteiger partial charge in [0.1, 0.15) is 0 Å². The Balaban J connectivity index is 1.80. The lowest BCUT2D eigenvalue weighted by molar-refractivity contribution is -0.384. The SMILES string of the molecule is Cc1cc(C)nc(NCCCC(=O)Nc2ccc([N+](=O)[O-])cc2Cl)n1. The smallest absolute Gasteiger partial charge is 0.271 e. The van der Waals surface area contributed by atoms with Crippen LogP contribution >= 0.6 is 11.6 Å². The maximum atomic E-state index is 11.9. The molecule has 0 saturated carbocycles. The molecule has 2 N–H and O–H groups in total. The number of carbonyl (C=O) groups excluding carboxylic acids is 1. The number of nitrogens with one attached hydrogen (secondary N) is 2. The van der Waals surface area contributed by atoms with Crippen LogP contribution in [-0.4, -0.2) is 27.3 Å². The molecule has 0 saturated heterocycles. The number of halogens is 1. The second kappa shape index (κ2) is 8.39. The van der Waals surface area contributed by atoms with Crippen LogP contribution < -0.4 is 10.6 Å².